The second-order valence-electron chi connectivity index (χ2n) is 7.40. The van der Waals surface area contributed by atoms with E-state index >= 15 is 0 Å². The Balaban J connectivity index is 1.62. The highest BCUT2D eigenvalue weighted by Gasteiger charge is 2.35. The van der Waals surface area contributed by atoms with E-state index in [4.69, 9.17) is 5.11 Å². The van der Waals surface area contributed by atoms with Crippen LogP contribution in [-0.2, 0) is 9.59 Å². The Kier molecular flexibility index (Phi) is 6.77. The molecule has 1 saturated carbocycles. The molecule has 3 rings (SSSR count). The molecule has 0 amide bonds. The van der Waals surface area contributed by atoms with Crippen LogP contribution < -0.4 is 0 Å². The van der Waals surface area contributed by atoms with Gasteiger partial charge >= 0.3 is 5.97 Å². The molecule has 0 aliphatic heterocycles. The maximum absolute atomic E-state index is 12.3. The molecule has 1 aromatic heterocycles. The minimum absolute atomic E-state index is 0.120. The Hall–Kier alpha value is -2.99. The number of carboxylic acid groups (broad SMARTS) is 1. The molecule has 1 unspecified atom stereocenters. The number of ketones is 1. The molecular formula is C23H26N2O4. The van der Waals surface area contributed by atoms with Gasteiger partial charge in [-0.15, -0.1) is 0 Å². The van der Waals surface area contributed by atoms with Crippen molar-refractivity contribution in [3.05, 3.63) is 66.5 Å². The number of benzene rings is 1. The Morgan fingerprint density at radius 1 is 1.34 bits per heavy atom. The lowest BCUT2D eigenvalue weighted by Gasteiger charge is -2.14. The van der Waals surface area contributed by atoms with Gasteiger partial charge in [-0.05, 0) is 31.4 Å². The molecule has 0 bridgehead atoms. The second-order valence-corrected chi connectivity index (χ2v) is 7.40. The van der Waals surface area contributed by atoms with Gasteiger partial charge in [-0.25, -0.2) is 4.98 Å². The number of carbonyl (C=O) groups excluding carboxylic acids is 1. The van der Waals surface area contributed by atoms with Gasteiger partial charge in [0.15, 0.2) is 0 Å². The molecule has 3 atom stereocenters. The number of carboxylic acids is 1. The first kappa shape index (κ1) is 20.7. The van der Waals surface area contributed by atoms with E-state index in [1.165, 1.54) is 0 Å². The van der Waals surface area contributed by atoms with E-state index in [0.29, 0.717) is 31.5 Å². The Labute approximate surface area is 169 Å². The van der Waals surface area contributed by atoms with E-state index in [9.17, 15) is 14.7 Å². The van der Waals surface area contributed by atoms with Gasteiger partial charge in [0, 0.05) is 24.7 Å². The fourth-order valence-corrected chi connectivity index (χ4v) is 3.67. The minimum atomic E-state index is -0.891. The van der Waals surface area contributed by atoms with Crippen LogP contribution in [0.1, 0.15) is 44.0 Å². The third-order valence-corrected chi connectivity index (χ3v) is 5.23. The molecule has 1 aliphatic carbocycles. The third kappa shape index (κ3) is 5.29. The SMILES string of the molecule is C=C1CC(=O)[C@H](CC=CCCCC(=O)O)[C@H]1C=CC(O)c1nc2ccccc2[nH]1. The summed E-state index contributed by atoms with van der Waals surface area (Å²) >= 11 is 0. The summed E-state index contributed by atoms with van der Waals surface area (Å²) in [6.07, 6.45) is 8.86. The number of imidazole rings is 1. The molecular weight excluding hydrogens is 368 g/mol. The van der Waals surface area contributed by atoms with E-state index in [-0.39, 0.29) is 24.0 Å². The first-order valence-electron chi connectivity index (χ1n) is 9.84. The number of Topliss-reactive ketones (excluding diaryl/α,β-unsaturated/α-hetero) is 1. The highest BCUT2D eigenvalue weighted by atomic mass is 16.4. The molecule has 29 heavy (non-hydrogen) atoms. The lowest BCUT2D eigenvalue weighted by Crippen LogP contribution is -2.13. The number of fused-ring (bicyclic) bond motifs is 1. The number of para-hydroxylation sites is 2. The number of aromatic amines is 1. The number of carbonyl (C=O) groups is 2. The van der Waals surface area contributed by atoms with Gasteiger partial charge in [0.05, 0.1) is 11.0 Å². The van der Waals surface area contributed by atoms with E-state index in [2.05, 4.69) is 16.5 Å². The number of aliphatic hydroxyl groups excluding tert-OH is 1. The topological polar surface area (TPSA) is 103 Å². The van der Waals surface area contributed by atoms with Gasteiger partial charge in [-0.1, -0.05) is 48.6 Å². The number of nitrogens with one attached hydrogen (secondary N) is 1. The number of allylic oxidation sites excluding steroid dienone is 4. The number of nitrogens with zero attached hydrogens (tertiary/aromatic N) is 1. The summed E-state index contributed by atoms with van der Waals surface area (Å²) in [5.74, 6) is -0.498. The molecule has 6 nitrogen and oxygen atoms in total. The van der Waals surface area contributed by atoms with Gasteiger partial charge in [-0.2, -0.15) is 0 Å². The first-order valence-corrected chi connectivity index (χ1v) is 9.84. The zero-order valence-corrected chi connectivity index (χ0v) is 16.3. The summed E-state index contributed by atoms with van der Waals surface area (Å²) in [4.78, 5) is 30.4. The van der Waals surface area contributed by atoms with Crippen molar-refractivity contribution in [1.82, 2.24) is 9.97 Å². The number of unbranched alkanes of at least 4 members (excludes halogenated alkanes) is 1. The van der Waals surface area contributed by atoms with Crippen LogP contribution >= 0.6 is 0 Å². The summed E-state index contributed by atoms with van der Waals surface area (Å²) in [7, 11) is 0. The lowest BCUT2D eigenvalue weighted by molar-refractivity contribution is -0.137. The van der Waals surface area contributed by atoms with Crippen LogP contribution in [0.4, 0.5) is 0 Å². The van der Waals surface area contributed by atoms with Crippen LogP contribution in [0.25, 0.3) is 11.0 Å². The number of hydrogen-bond donors (Lipinski definition) is 3. The normalized spacial score (nSPS) is 21.0. The largest absolute Gasteiger partial charge is 0.481 e. The highest BCUT2D eigenvalue weighted by molar-refractivity contribution is 5.88. The van der Waals surface area contributed by atoms with Crippen LogP contribution in [0.2, 0.25) is 0 Å². The monoisotopic (exact) mass is 394 g/mol. The second kappa shape index (κ2) is 9.47. The average molecular weight is 394 g/mol. The smallest absolute Gasteiger partial charge is 0.303 e. The zero-order chi connectivity index (χ0) is 20.8. The van der Waals surface area contributed by atoms with Crippen LogP contribution in [0.3, 0.4) is 0 Å². The van der Waals surface area contributed by atoms with E-state index in [0.717, 1.165) is 16.6 Å². The average Bonchev–Trinajstić information content (AvgIpc) is 3.23. The van der Waals surface area contributed by atoms with Crippen LogP contribution in [0.15, 0.2) is 60.7 Å². The summed E-state index contributed by atoms with van der Waals surface area (Å²) in [5.41, 5.74) is 2.51. The minimum Gasteiger partial charge on any atom is -0.481 e. The maximum atomic E-state index is 12.3. The molecule has 3 N–H and O–H groups in total. The van der Waals surface area contributed by atoms with Gasteiger partial charge in [0.2, 0.25) is 0 Å². The number of aliphatic hydroxyl groups is 1. The van der Waals surface area contributed by atoms with E-state index in [1.807, 2.05) is 42.5 Å². The van der Waals surface area contributed by atoms with E-state index in [1.54, 1.807) is 6.08 Å². The standard InChI is InChI=1S/C23H26N2O4/c1-15-14-21(27)17(8-4-2-3-5-11-22(28)29)16(15)12-13-20(26)23-24-18-9-6-7-10-19(18)25-23/h2,4,6-7,9-10,12-13,16-17,20,26H,1,3,5,8,11,14H2,(H,24,25)(H,28,29)/t16-,17+,20?/m0/s1. The first-order chi connectivity index (χ1) is 14.0. The molecule has 1 fully saturated rings. The summed E-state index contributed by atoms with van der Waals surface area (Å²) in [6.45, 7) is 4.03. The summed E-state index contributed by atoms with van der Waals surface area (Å²) < 4.78 is 0. The van der Waals surface area contributed by atoms with Crippen molar-refractivity contribution in [2.75, 3.05) is 0 Å². The molecule has 152 valence electrons. The van der Waals surface area contributed by atoms with Crippen molar-refractivity contribution in [2.24, 2.45) is 11.8 Å². The summed E-state index contributed by atoms with van der Waals surface area (Å²) in [6, 6.07) is 7.57. The van der Waals surface area contributed by atoms with E-state index < -0.39 is 12.1 Å². The Bertz CT molecular complexity index is 924. The predicted octanol–water partition coefficient (Wildman–Crippen LogP) is 4.12. The van der Waals surface area contributed by atoms with Crippen LogP contribution in [0, 0.1) is 11.8 Å². The van der Waals surface area contributed by atoms with Crippen molar-refractivity contribution in [2.45, 2.75) is 38.2 Å². The van der Waals surface area contributed by atoms with Gasteiger partial charge in [0.1, 0.15) is 17.7 Å². The number of H-pyrrole nitrogens is 1. The predicted molar refractivity (Wildman–Crippen MR) is 111 cm³/mol. The highest BCUT2D eigenvalue weighted by Crippen LogP contribution is 2.36. The van der Waals surface area contributed by atoms with Crippen LogP contribution in [-0.4, -0.2) is 31.9 Å². The Morgan fingerprint density at radius 2 is 2.14 bits per heavy atom. The van der Waals surface area contributed by atoms with Crippen molar-refractivity contribution < 1.29 is 19.8 Å². The molecule has 0 spiro atoms. The van der Waals surface area contributed by atoms with Crippen molar-refractivity contribution in [1.29, 1.82) is 0 Å². The molecule has 2 aromatic rings. The molecule has 6 heteroatoms. The third-order valence-electron chi connectivity index (χ3n) is 5.23. The Morgan fingerprint density at radius 3 is 2.90 bits per heavy atom. The quantitative estimate of drug-likeness (QED) is 0.439. The summed E-state index contributed by atoms with van der Waals surface area (Å²) in [5, 5.41) is 19.1. The van der Waals surface area contributed by atoms with Crippen LogP contribution in [0.5, 0.6) is 0 Å². The molecule has 0 saturated heterocycles. The molecule has 1 heterocycles. The van der Waals surface area contributed by atoms with Gasteiger partial charge < -0.3 is 15.2 Å². The fraction of sp³-hybridized carbons (Fsp3) is 0.348. The number of aliphatic carboxylic acids is 1. The van der Waals surface area contributed by atoms with Gasteiger partial charge in [-0.3, -0.25) is 9.59 Å². The number of rotatable bonds is 9. The fourth-order valence-electron chi connectivity index (χ4n) is 3.67. The van der Waals surface area contributed by atoms with Crippen molar-refractivity contribution in [3.63, 3.8) is 0 Å². The molecule has 1 aliphatic rings. The van der Waals surface area contributed by atoms with Gasteiger partial charge in [0.25, 0.3) is 0 Å². The number of hydrogen-bond acceptors (Lipinski definition) is 4. The zero-order valence-electron chi connectivity index (χ0n) is 16.3. The van der Waals surface area contributed by atoms with Crippen molar-refractivity contribution in [3.8, 4) is 0 Å². The molecule has 1 aromatic carbocycles. The maximum Gasteiger partial charge on any atom is 0.303 e. The van der Waals surface area contributed by atoms with Crippen molar-refractivity contribution >= 4 is 22.8 Å². The lowest BCUT2D eigenvalue weighted by atomic mass is 9.89. The number of aromatic nitrogens is 2. The molecule has 0 radical (unpaired) electrons.